The van der Waals surface area contributed by atoms with Crippen LogP contribution in [0.1, 0.15) is 90.4 Å². The number of carboxylic acids is 1. The molecule has 0 aliphatic heterocycles. The van der Waals surface area contributed by atoms with Gasteiger partial charge in [0.25, 0.3) is 0 Å². The van der Waals surface area contributed by atoms with Gasteiger partial charge >= 0.3 is 23.0 Å². The van der Waals surface area contributed by atoms with Gasteiger partial charge in [-0.15, -0.1) is 0 Å². The zero-order valence-corrected chi connectivity index (χ0v) is 17.6. The van der Waals surface area contributed by atoms with Crippen molar-refractivity contribution in [3.63, 3.8) is 0 Å². The molecular weight excluding hydrogens is 410 g/mol. The van der Waals surface area contributed by atoms with Crippen molar-refractivity contribution in [3.05, 3.63) is 0 Å². The van der Waals surface area contributed by atoms with Crippen molar-refractivity contribution in [2.45, 2.75) is 90.4 Å². The molecule has 0 aliphatic carbocycles. The zero-order chi connectivity index (χ0) is 19.4. The molecule has 161 valence electrons. The van der Waals surface area contributed by atoms with Crippen LogP contribution < -0.4 is 5.32 Å². The second-order valence-electron chi connectivity index (χ2n) is 6.22. The largest absolute Gasteiger partial charge is 2.00 e. The summed E-state index contributed by atoms with van der Waals surface area (Å²) in [5.41, 5.74) is 0. The summed E-state index contributed by atoms with van der Waals surface area (Å²) in [6.07, 6.45) is 17.6. The normalized spacial score (nSPS) is 10.6. The number of hydrogen-bond donors (Lipinski definition) is 2. The van der Waals surface area contributed by atoms with E-state index in [2.05, 4.69) is 12.2 Å². The number of hydrogen-bond acceptors (Lipinski definition) is 6. The molecule has 0 aromatic rings. The molecule has 9 heteroatoms. The molecule has 0 spiro atoms. The SMILES string of the molecule is CCCCCCCCCCCCCCCNCC(=O)O.O=S(=O)([O-])[O-].[Cu+2]. The van der Waals surface area contributed by atoms with Crippen molar-refractivity contribution in [3.8, 4) is 0 Å². The Morgan fingerprint density at radius 3 is 1.42 bits per heavy atom. The molecule has 0 saturated carbocycles. The molecule has 1 radical (unpaired) electrons. The molecule has 0 rings (SSSR count). The Kier molecular flexibility index (Phi) is 26.9. The minimum atomic E-state index is -5.17. The molecule has 0 aliphatic rings. The van der Waals surface area contributed by atoms with Crippen LogP contribution in [-0.4, -0.2) is 41.7 Å². The Morgan fingerprint density at radius 2 is 1.12 bits per heavy atom. The number of carbonyl (C=O) groups is 1. The zero-order valence-electron chi connectivity index (χ0n) is 15.8. The van der Waals surface area contributed by atoms with E-state index in [0.717, 1.165) is 13.0 Å². The molecule has 0 atom stereocenters. The summed E-state index contributed by atoms with van der Waals surface area (Å²) in [5.74, 6) is -0.764. The summed E-state index contributed by atoms with van der Waals surface area (Å²) in [5, 5.41) is 11.4. The molecule has 0 unspecified atom stereocenters. The van der Waals surface area contributed by atoms with Gasteiger partial charge in [0.2, 0.25) is 0 Å². The first-order valence-electron chi connectivity index (χ1n) is 9.36. The molecule has 26 heavy (non-hydrogen) atoms. The summed E-state index contributed by atoms with van der Waals surface area (Å²) < 4.78 is 34.1. The van der Waals surface area contributed by atoms with Gasteiger partial charge in [0.05, 0.1) is 6.54 Å². The van der Waals surface area contributed by atoms with Crippen LogP contribution in [0.4, 0.5) is 0 Å². The van der Waals surface area contributed by atoms with E-state index >= 15 is 0 Å². The summed E-state index contributed by atoms with van der Waals surface area (Å²) in [6, 6.07) is 0. The average Bonchev–Trinajstić information content (AvgIpc) is 2.49. The quantitative estimate of drug-likeness (QED) is 0.161. The second-order valence-corrected chi connectivity index (χ2v) is 7.04. The minimum Gasteiger partial charge on any atom is -0.759 e. The molecule has 0 aromatic carbocycles. The van der Waals surface area contributed by atoms with Crippen molar-refractivity contribution in [2.75, 3.05) is 13.1 Å². The Balaban J connectivity index is -0.000000772. The van der Waals surface area contributed by atoms with E-state index in [4.69, 9.17) is 22.6 Å². The molecule has 7 nitrogen and oxygen atoms in total. The maximum absolute atomic E-state index is 10.3. The Hall–Kier alpha value is -0.181. The van der Waals surface area contributed by atoms with Crippen molar-refractivity contribution in [1.29, 1.82) is 0 Å². The van der Waals surface area contributed by atoms with Gasteiger partial charge in [0.15, 0.2) is 0 Å². The third kappa shape index (κ3) is 43.8. The summed E-state index contributed by atoms with van der Waals surface area (Å²) in [6.45, 7) is 3.20. The molecule has 0 heterocycles. The Morgan fingerprint density at radius 1 is 0.808 bits per heavy atom. The Bertz CT molecular complexity index is 385. The van der Waals surface area contributed by atoms with Gasteiger partial charge in [-0.2, -0.15) is 0 Å². The van der Waals surface area contributed by atoms with Crippen molar-refractivity contribution in [2.24, 2.45) is 0 Å². The first-order chi connectivity index (χ1) is 11.8. The first kappa shape index (κ1) is 30.5. The van der Waals surface area contributed by atoms with Crippen molar-refractivity contribution >= 4 is 16.4 Å². The van der Waals surface area contributed by atoms with E-state index in [1.54, 1.807) is 0 Å². The van der Waals surface area contributed by atoms with Crippen LogP contribution in [0.2, 0.25) is 0 Å². The standard InChI is InChI=1S/C17H35NO2.Cu.H2O4S/c1-2-3-4-5-6-7-8-9-10-11-12-13-14-15-18-16-17(19)20;;1-5(2,3)4/h18H,2-16H2,1H3,(H,19,20);;(H2,1,2,3,4)/q;+2;/p-2. The molecule has 0 bridgehead atoms. The fourth-order valence-corrected chi connectivity index (χ4v) is 2.46. The smallest absolute Gasteiger partial charge is 0.759 e. The third-order valence-corrected chi connectivity index (χ3v) is 3.73. The molecule has 2 N–H and O–H groups in total. The fraction of sp³-hybridized carbons (Fsp3) is 0.941. The van der Waals surface area contributed by atoms with E-state index in [1.807, 2.05) is 0 Å². The van der Waals surface area contributed by atoms with Crippen LogP contribution in [0.25, 0.3) is 0 Å². The van der Waals surface area contributed by atoms with Gasteiger partial charge in [-0.3, -0.25) is 13.2 Å². The topological polar surface area (TPSA) is 130 Å². The van der Waals surface area contributed by atoms with E-state index in [0.29, 0.717) is 0 Å². The number of aliphatic carboxylic acids is 1. The van der Waals surface area contributed by atoms with Gasteiger partial charge in [0, 0.05) is 10.4 Å². The van der Waals surface area contributed by atoms with Gasteiger partial charge in [-0.25, -0.2) is 0 Å². The summed E-state index contributed by atoms with van der Waals surface area (Å²) in [7, 11) is -5.17. The first-order valence-corrected chi connectivity index (χ1v) is 10.7. The molecule has 0 aromatic heterocycles. The number of carboxylic acid groups (broad SMARTS) is 1. The molecular formula is C17H35CuNO6S. The van der Waals surface area contributed by atoms with E-state index < -0.39 is 16.4 Å². The molecule has 0 amide bonds. The molecule has 0 fully saturated rings. The summed E-state index contributed by atoms with van der Waals surface area (Å²) in [4.78, 5) is 10.3. The predicted molar refractivity (Wildman–Crippen MR) is 96.7 cm³/mol. The summed E-state index contributed by atoms with van der Waals surface area (Å²) >= 11 is 0. The van der Waals surface area contributed by atoms with Crippen molar-refractivity contribution in [1.82, 2.24) is 5.32 Å². The Labute approximate surface area is 169 Å². The second kappa shape index (κ2) is 22.9. The number of rotatable bonds is 16. The molecule has 0 saturated heterocycles. The maximum Gasteiger partial charge on any atom is 2.00 e. The third-order valence-electron chi connectivity index (χ3n) is 3.73. The fourth-order valence-electron chi connectivity index (χ4n) is 2.46. The minimum absolute atomic E-state index is 0. The van der Waals surface area contributed by atoms with E-state index in [-0.39, 0.29) is 23.6 Å². The predicted octanol–water partition coefficient (Wildman–Crippen LogP) is 3.41. The maximum atomic E-state index is 10.3. The van der Waals surface area contributed by atoms with Gasteiger partial charge in [0.1, 0.15) is 0 Å². The number of unbranched alkanes of at least 4 members (excludes halogenated alkanes) is 12. The van der Waals surface area contributed by atoms with E-state index in [9.17, 15) is 4.79 Å². The van der Waals surface area contributed by atoms with E-state index in [1.165, 1.54) is 77.0 Å². The van der Waals surface area contributed by atoms with Crippen LogP contribution in [-0.2, 0) is 32.3 Å². The number of nitrogens with one attached hydrogen (secondary N) is 1. The van der Waals surface area contributed by atoms with Crippen molar-refractivity contribution < 1.29 is 44.5 Å². The van der Waals surface area contributed by atoms with Crippen LogP contribution >= 0.6 is 0 Å². The monoisotopic (exact) mass is 444 g/mol. The van der Waals surface area contributed by atoms with Gasteiger partial charge < -0.3 is 19.5 Å². The van der Waals surface area contributed by atoms with Crippen LogP contribution in [0.3, 0.4) is 0 Å². The van der Waals surface area contributed by atoms with Crippen LogP contribution in [0.5, 0.6) is 0 Å². The van der Waals surface area contributed by atoms with Crippen LogP contribution in [0.15, 0.2) is 0 Å². The average molecular weight is 445 g/mol. The van der Waals surface area contributed by atoms with Crippen LogP contribution in [0, 0.1) is 0 Å². The van der Waals surface area contributed by atoms with Gasteiger partial charge in [-0.05, 0) is 13.0 Å². The van der Waals surface area contributed by atoms with Gasteiger partial charge in [-0.1, -0.05) is 84.0 Å².